The second-order valence-electron chi connectivity index (χ2n) is 5.74. The molecule has 0 unspecified atom stereocenters. The van der Waals surface area contributed by atoms with Gasteiger partial charge in [0.2, 0.25) is 5.91 Å². The first-order valence-corrected chi connectivity index (χ1v) is 9.11. The Kier molecular flexibility index (Phi) is 5.72. The van der Waals surface area contributed by atoms with Crippen molar-refractivity contribution in [3.63, 3.8) is 0 Å². The van der Waals surface area contributed by atoms with Crippen molar-refractivity contribution in [2.45, 2.75) is 18.5 Å². The first-order chi connectivity index (χ1) is 12.6. The van der Waals surface area contributed by atoms with Gasteiger partial charge in [-0.3, -0.25) is 4.79 Å². The molecule has 136 valence electrons. The van der Waals surface area contributed by atoms with Gasteiger partial charge in [-0.2, -0.15) is 0 Å². The van der Waals surface area contributed by atoms with Crippen LogP contribution in [-0.2, 0) is 18.3 Å². The molecule has 0 bridgehead atoms. The van der Waals surface area contributed by atoms with Gasteiger partial charge >= 0.3 is 0 Å². The molecule has 2 aromatic heterocycles. The number of aromatic nitrogens is 3. The fourth-order valence-electron chi connectivity index (χ4n) is 2.51. The van der Waals surface area contributed by atoms with Crippen molar-refractivity contribution in [3.8, 4) is 11.4 Å². The Bertz CT molecular complexity index is 906. The predicted molar refractivity (Wildman–Crippen MR) is 97.3 cm³/mol. The molecule has 0 spiro atoms. The number of hydrogen-bond donors (Lipinski definition) is 1. The number of halogens is 1. The van der Waals surface area contributed by atoms with Crippen molar-refractivity contribution in [1.29, 1.82) is 0 Å². The summed E-state index contributed by atoms with van der Waals surface area (Å²) in [7, 11) is 1.85. The van der Waals surface area contributed by atoms with Crippen LogP contribution in [0.5, 0.6) is 0 Å². The molecule has 1 amide bonds. The average Bonchev–Trinajstić information content (AvgIpc) is 3.20. The molecule has 0 aliphatic heterocycles. The summed E-state index contributed by atoms with van der Waals surface area (Å²) in [5, 5.41) is 11.7. The molecule has 0 atom stereocenters. The van der Waals surface area contributed by atoms with E-state index in [1.807, 2.05) is 24.6 Å². The maximum Gasteiger partial charge on any atom is 0.230 e. The van der Waals surface area contributed by atoms with Gasteiger partial charge in [0.25, 0.3) is 0 Å². The number of amides is 1. The molecule has 8 heteroatoms. The number of carbonyl (C=O) groups excluding carboxylic acids is 1. The van der Waals surface area contributed by atoms with Gasteiger partial charge in [0.1, 0.15) is 11.6 Å². The summed E-state index contributed by atoms with van der Waals surface area (Å²) in [5.74, 6) is 1.29. The Balaban J connectivity index is 1.50. The van der Waals surface area contributed by atoms with Gasteiger partial charge in [0.05, 0.1) is 17.6 Å². The lowest BCUT2D eigenvalue weighted by molar-refractivity contribution is -0.118. The third-order valence-corrected chi connectivity index (χ3v) is 4.96. The van der Waals surface area contributed by atoms with E-state index >= 15 is 0 Å². The third-order valence-electron chi connectivity index (χ3n) is 3.94. The fourth-order valence-corrected chi connectivity index (χ4v) is 3.25. The molecule has 2 heterocycles. The van der Waals surface area contributed by atoms with E-state index in [1.54, 1.807) is 24.5 Å². The standard InChI is InChI=1S/C18H19FN4O2S/c1-12-14(8-10-25-12)17-21-22-18(23(17)2)26-11-16(24)20-9-7-13-5-3-4-6-15(13)19/h3-6,8,10H,7,9,11H2,1-2H3,(H,20,24). The number of furan rings is 1. The van der Waals surface area contributed by atoms with Crippen LogP contribution in [0.1, 0.15) is 11.3 Å². The lowest BCUT2D eigenvalue weighted by atomic mass is 10.1. The summed E-state index contributed by atoms with van der Waals surface area (Å²) >= 11 is 1.30. The Hall–Kier alpha value is -2.61. The summed E-state index contributed by atoms with van der Waals surface area (Å²) in [6.45, 7) is 2.25. The Labute approximate surface area is 154 Å². The number of nitrogens with zero attached hydrogens (tertiary/aromatic N) is 3. The highest BCUT2D eigenvalue weighted by Crippen LogP contribution is 2.25. The maximum atomic E-state index is 13.5. The van der Waals surface area contributed by atoms with Gasteiger partial charge in [-0.1, -0.05) is 30.0 Å². The van der Waals surface area contributed by atoms with Crippen molar-refractivity contribution in [2.75, 3.05) is 12.3 Å². The van der Waals surface area contributed by atoms with Crippen molar-refractivity contribution >= 4 is 17.7 Å². The molecule has 0 fully saturated rings. The number of rotatable bonds is 7. The molecule has 6 nitrogen and oxygen atoms in total. The summed E-state index contributed by atoms with van der Waals surface area (Å²) in [6, 6.07) is 8.40. The molecule has 1 aromatic carbocycles. The molecule has 3 aromatic rings. The van der Waals surface area contributed by atoms with Crippen LogP contribution >= 0.6 is 11.8 Å². The molecule has 0 radical (unpaired) electrons. The van der Waals surface area contributed by atoms with Crippen LogP contribution in [0.25, 0.3) is 11.4 Å². The fraction of sp³-hybridized carbons (Fsp3) is 0.278. The molecular weight excluding hydrogens is 355 g/mol. The smallest absolute Gasteiger partial charge is 0.230 e. The summed E-state index contributed by atoms with van der Waals surface area (Å²) < 4.78 is 20.7. The van der Waals surface area contributed by atoms with E-state index in [0.717, 1.165) is 11.3 Å². The van der Waals surface area contributed by atoms with E-state index in [1.165, 1.54) is 17.8 Å². The maximum absolute atomic E-state index is 13.5. The second kappa shape index (κ2) is 8.18. The van der Waals surface area contributed by atoms with Crippen molar-refractivity contribution in [3.05, 3.63) is 53.7 Å². The zero-order valence-electron chi connectivity index (χ0n) is 14.5. The van der Waals surface area contributed by atoms with E-state index in [-0.39, 0.29) is 17.5 Å². The largest absolute Gasteiger partial charge is 0.469 e. The SMILES string of the molecule is Cc1occc1-c1nnc(SCC(=O)NCCc2ccccc2F)n1C. The van der Waals surface area contributed by atoms with E-state index in [9.17, 15) is 9.18 Å². The molecule has 1 N–H and O–H groups in total. The van der Waals surface area contributed by atoms with Gasteiger partial charge in [-0.05, 0) is 31.0 Å². The quantitative estimate of drug-likeness (QED) is 0.644. The minimum Gasteiger partial charge on any atom is -0.469 e. The second-order valence-corrected chi connectivity index (χ2v) is 6.68. The molecule has 0 saturated heterocycles. The van der Waals surface area contributed by atoms with Gasteiger partial charge in [-0.25, -0.2) is 4.39 Å². The molecule has 26 heavy (non-hydrogen) atoms. The topological polar surface area (TPSA) is 72.9 Å². The van der Waals surface area contributed by atoms with Crippen LogP contribution in [0.15, 0.2) is 46.2 Å². The third kappa shape index (κ3) is 4.13. The van der Waals surface area contributed by atoms with E-state index in [4.69, 9.17) is 4.42 Å². The van der Waals surface area contributed by atoms with Gasteiger partial charge in [0.15, 0.2) is 11.0 Å². The van der Waals surface area contributed by atoms with Crippen LogP contribution in [-0.4, -0.2) is 33.0 Å². The van der Waals surface area contributed by atoms with Crippen LogP contribution < -0.4 is 5.32 Å². The van der Waals surface area contributed by atoms with Crippen LogP contribution in [0.2, 0.25) is 0 Å². The van der Waals surface area contributed by atoms with Crippen molar-refractivity contribution in [1.82, 2.24) is 20.1 Å². The number of benzene rings is 1. The van der Waals surface area contributed by atoms with Gasteiger partial charge in [0, 0.05) is 13.6 Å². The lowest BCUT2D eigenvalue weighted by Crippen LogP contribution is -2.27. The van der Waals surface area contributed by atoms with E-state index in [0.29, 0.717) is 29.5 Å². The zero-order valence-corrected chi connectivity index (χ0v) is 15.3. The first-order valence-electron chi connectivity index (χ1n) is 8.13. The van der Waals surface area contributed by atoms with Crippen LogP contribution in [0.4, 0.5) is 4.39 Å². The first kappa shape index (κ1) is 18.2. The summed E-state index contributed by atoms with van der Waals surface area (Å²) in [4.78, 5) is 12.0. The van der Waals surface area contributed by atoms with E-state index in [2.05, 4.69) is 15.5 Å². The van der Waals surface area contributed by atoms with Crippen molar-refractivity contribution in [2.24, 2.45) is 7.05 Å². The zero-order chi connectivity index (χ0) is 18.5. The van der Waals surface area contributed by atoms with Gasteiger partial charge < -0.3 is 14.3 Å². The average molecular weight is 374 g/mol. The number of hydrogen-bond acceptors (Lipinski definition) is 5. The number of carbonyl (C=O) groups is 1. The van der Waals surface area contributed by atoms with Gasteiger partial charge in [-0.15, -0.1) is 10.2 Å². The van der Waals surface area contributed by atoms with Crippen LogP contribution in [0.3, 0.4) is 0 Å². The minimum absolute atomic E-state index is 0.129. The Morgan fingerprint density at radius 1 is 1.31 bits per heavy atom. The number of thioether (sulfide) groups is 1. The highest BCUT2D eigenvalue weighted by molar-refractivity contribution is 7.99. The highest BCUT2D eigenvalue weighted by Gasteiger charge is 2.15. The number of nitrogens with one attached hydrogen (secondary N) is 1. The molecule has 0 aliphatic rings. The normalized spacial score (nSPS) is 10.9. The molecular formula is C18H19FN4O2S. The molecule has 0 aliphatic carbocycles. The summed E-state index contributed by atoms with van der Waals surface area (Å²) in [5.41, 5.74) is 1.47. The monoisotopic (exact) mass is 374 g/mol. The lowest BCUT2D eigenvalue weighted by Gasteiger charge is -2.06. The van der Waals surface area contributed by atoms with Crippen molar-refractivity contribution < 1.29 is 13.6 Å². The van der Waals surface area contributed by atoms with Crippen LogP contribution in [0, 0.1) is 12.7 Å². The molecule has 3 rings (SSSR count). The summed E-state index contributed by atoms with van der Waals surface area (Å²) in [6.07, 6.45) is 2.06. The Morgan fingerprint density at radius 2 is 2.12 bits per heavy atom. The minimum atomic E-state index is -0.253. The number of aryl methyl sites for hydroxylation is 1. The predicted octanol–water partition coefficient (Wildman–Crippen LogP) is 2.97. The molecule has 0 saturated carbocycles. The highest BCUT2D eigenvalue weighted by atomic mass is 32.2. The van der Waals surface area contributed by atoms with E-state index < -0.39 is 0 Å². The Morgan fingerprint density at radius 3 is 2.85 bits per heavy atom.